The highest BCUT2D eigenvalue weighted by atomic mass is 16.5. The van der Waals surface area contributed by atoms with Crippen molar-refractivity contribution in [2.24, 2.45) is 0 Å². The van der Waals surface area contributed by atoms with Gasteiger partial charge >= 0.3 is 0 Å². The lowest BCUT2D eigenvalue weighted by atomic mass is 10.1. The maximum absolute atomic E-state index is 12.9. The molecule has 1 aromatic heterocycles. The van der Waals surface area contributed by atoms with Crippen LogP contribution in [0.2, 0.25) is 0 Å². The van der Waals surface area contributed by atoms with Gasteiger partial charge in [0.05, 0.1) is 5.39 Å². The number of nitrogens with one attached hydrogen (secondary N) is 1. The summed E-state index contributed by atoms with van der Waals surface area (Å²) in [6, 6.07) is 24.1. The molecule has 0 bridgehead atoms. The molecule has 0 radical (unpaired) electrons. The molecule has 0 saturated carbocycles. The van der Waals surface area contributed by atoms with Crippen molar-refractivity contribution in [3.05, 3.63) is 106 Å². The Morgan fingerprint density at radius 2 is 1.69 bits per heavy atom. The number of hydrogen-bond donors (Lipinski definition) is 1. The molecule has 0 aliphatic carbocycles. The fraction of sp³-hybridized carbons (Fsp3) is 0.103. The van der Waals surface area contributed by atoms with E-state index in [1.165, 1.54) is 6.26 Å². The highest BCUT2D eigenvalue weighted by Crippen LogP contribution is 2.26. The molecule has 1 heterocycles. The molecule has 174 valence electrons. The van der Waals surface area contributed by atoms with Crippen LogP contribution in [0.25, 0.3) is 21.7 Å². The number of aryl methyl sites for hydroxylation is 2. The number of amides is 1. The zero-order valence-electron chi connectivity index (χ0n) is 19.3. The summed E-state index contributed by atoms with van der Waals surface area (Å²) in [6.07, 6.45) is 1.29. The zero-order chi connectivity index (χ0) is 24.4. The van der Waals surface area contributed by atoms with E-state index in [-0.39, 0.29) is 23.7 Å². The minimum Gasteiger partial charge on any atom is -0.484 e. The van der Waals surface area contributed by atoms with Gasteiger partial charge in [0.15, 0.2) is 6.61 Å². The van der Waals surface area contributed by atoms with Crippen LogP contribution in [0.1, 0.15) is 11.1 Å². The number of fused-ring (bicyclic) bond motifs is 2. The van der Waals surface area contributed by atoms with Crippen molar-refractivity contribution in [1.29, 1.82) is 0 Å². The van der Waals surface area contributed by atoms with Gasteiger partial charge in [-0.15, -0.1) is 0 Å². The standard InChI is InChI=1S/C29H23NO5/c1-18-7-12-25(19(2)13-18)30-28(31)17-33-22-10-11-24-26(15-22)34-16-27(29(24)32)35-23-9-8-20-5-3-4-6-21(20)14-23/h3-16H,17H2,1-2H3,(H,30,31). The van der Waals surface area contributed by atoms with E-state index in [0.29, 0.717) is 22.5 Å². The van der Waals surface area contributed by atoms with Crippen molar-refractivity contribution in [2.75, 3.05) is 11.9 Å². The SMILES string of the molecule is Cc1ccc(NC(=O)COc2ccc3c(=O)c(Oc4ccc5ccccc5c4)coc3c2)c(C)c1. The first kappa shape index (κ1) is 22.2. The predicted molar refractivity (Wildman–Crippen MR) is 137 cm³/mol. The Bertz CT molecular complexity index is 1620. The van der Waals surface area contributed by atoms with E-state index in [9.17, 15) is 9.59 Å². The second-order valence-corrected chi connectivity index (χ2v) is 8.35. The average molecular weight is 466 g/mol. The lowest BCUT2D eigenvalue weighted by Crippen LogP contribution is -2.20. The topological polar surface area (TPSA) is 77.8 Å². The van der Waals surface area contributed by atoms with E-state index in [0.717, 1.165) is 27.6 Å². The summed E-state index contributed by atoms with van der Waals surface area (Å²) >= 11 is 0. The lowest BCUT2D eigenvalue weighted by molar-refractivity contribution is -0.118. The van der Waals surface area contributed by atoms with Crippen LogP contribution in [-0.2, 0) is 4.79 Å². The van der Waals surface area contributed by atoms with Gasteiger partial charge in [0.25, 0.3) is 5.91 Å². The zero-order valence-corrected chi connectivity index (χ0v) is 19.3. The highest BCUT2D eigenvalue weighted by molar-refractivity contribution is 5.92. The first-order valence-corrected chi connectivity index (χ1v) is 11.2. The molecular weight excluding hydrogens is 442 g/mol. The number of hydrogen-bond acceptors (Lipinski definition) is 5. The van der Waals surface area contributed by atoms with Gasteiger partial charge in [-0.1, -0.05) is 48.0 Å². The lowest BCUT2D eigenvalue weighted by Gasteiger charge is -2.11. The number of benzene rings is 4. The predicted octanol–water partition coefficient (Wildman–Crippen LogP) is 6.37. The van der Waals surface area contributed by atoms with Crippen LogP contribution in [0.15, 0.2) is 94.3 Å². The summed E-state index contributed by atoms with van der Waals surface area (Å²) in [5.41, 5.74) is 2.90. The Balaban J connectivity index is 1.29. The second kappa shape index (κ2) is 9.35. The van der Waals surface area contributed by atoms with Gasteiger partial charge < -0.3 is 19.2 Å². The Labute approximate surface area is 201 Å². The monoisotopic (exact) mass is 465 g/mol. The maximum atomic E-state index is 12.9. The van der Waals surface area contributed by atoms with E-state index in [1.54, 1.807) is 18.2 Å². The Kier molecular flexibility index (Phi) is 5.94. The largest absolute Gasteiger partial charge is 0.484 e. The molecule has 6 nitrogen and oxygen atoms in total. The van der Waals surface area contributed by atoms with Gasteiger partial charge in [0.2, 0.25) is 11.2 Å². The van der Waals surface area contributed by atoms with E-state index in [1.807, 2.05) is 74.5 Å². The molecule has 0 saturated heterocycles. The smallest absolute Gasteiger partial charge is 0.262 e. The quantitative estimate of drug-likeness (QED) is 0.315. The number of anilines is 1. The summed E-state index contributed by atoms with van der Waals surface area (Å²) in [4.78, 5) is 25.3. The summed E-state index contributed by atoms with van der Waals surface area (Å²) in [5, 5.41) is 5.29. The van der Waals surface area contributed by atoms with Crippen LogP contribution < -0.4 is 20.2 Å². The summed E-state index contributed by atoms with van der Waals surface area (Å²) in [7, 11) is 0. The van der Waals surface area contributed by atoms with Gasteiger partial charge in [-0.2, -0.15) is 0 Å². The van der Waals surface area contributed by atoms with Crippen molar-refractivity contribution in [3.8, 4) is 17.2 Å². The normalized spacial score (nSPS) is 10.9. The Morgan fingerprint density at radius 1 is 0.886 bits per heavy atom. The highest BCUT2D eigenvalue weighted by Gasteiger charge is 2.12. The van der Waals surface area contributed by atoms with Gasteiger partial charge in [-0.3, -0.25) is 9.59 Å². The molecule has 1 N–H and O–H groups in total. The molecule has 6 heteroatoms. The van der Waals surface area contributed by atoms with E-state index >= 15 is 0 Å². The van der Waals surface area contributed by atoms with Gasteiger partial charge in [-0.25, -0.2) is 0 Å². The van der Waals surface area contributed by atoms with Gasteiger partial charge in [-0.05, 0) is 60.5 Å². The van der Waals surface area contributed by atoms with Crippen molar-refractivity contribution in [2.45, 2.75) is 13.8 Å². The molecule has 4 aromatic carbocycles. The summed E-state index contributed by atoms with van der Waals surface area (Å²) in [6.45, 7) is 3.76. The Morgan fingerprint density at radius 3 is 2.51 bits per heavy atom. The van der Waals surface area contributed by atoms with Gasteiger partial charge in [0, 0.05) is 11.8 Å². The minimum atomic E-state index is -0.293. The molecular formula is C29H23NO5. The summed E-state index contributed by atoms with van der Waals surface area (Å²) < 4.78 is 17.1. The van der Waals surface area contributed by atoms with E-state index in [4.69, 9.17) is 13.9 Å². The molecule has 5 aromatic rings. The maximum Gasteiger partial charge on any atom is 0.262 e. The molecule has 1 amide bonds. The van der Waals surface area contributed by atoms with Crippen LogP contribution in [0.3, 0.4) is 0 Å². The van der Waals surface area contributed by atoms with Crippen molar-refractivity contribution in [1.82, 2.24) is 0 Å². The first-order valence-electron chi connectivity index (χ1n) is 11.2. The molecule has 0 atom stereocenters. The third-order valence-electron chi connectivity index (χ3n) is 5.69. The number of carbonyl (C=O) groups is 1. The number of carbonyl (C=O) groups excluding carboxylic acids is 1. The Hall–Kier alpha value is -4.58. The molecule has 0 spiro atoms. The number of rotatable bonds is 6. The van der Waals surface area contributed by atoms with Crippen molar-refractivity contribution in [3.63, 3.8) is 0 Å². The fourth-order valence-corrected chi connectivity index (χ4v) is 3.90. The van der Waals surface area contributed by atoms with Crippen molar-refractivity contribution >= 4 is 33.3 Å². The van der Waals surface area contributed by atoms with Crippen molar-refractivity contribution < 1.29 is 18.7 Å². The average Bonchev–Trinajstić information content (AvgIpc) is 2.86. The molecule has 0 aliphatic rings. The molecule has 5 rings (SSSR count). The van der Waals surface area contributed by atoms with Crippen LogP contribution in [-0.4, -0.2) is 12.5 Å². The minimum absolute atomic E-state index is 0.0919. The molecule has 0 fully saturated rings. The molecule has 0 aliphatic heterocycles. The van der Waals surface area contributed by atoms with Crippen LogP contribution in [0, 0.1) is 13.8 Å². The first-order chi connectivity index (χ1) is 17.0. The van der Waals surface area contributed by atoms with E-state index in [2.05, 4.69) is 5.32 Å². The second-order valence-electron chi connectivity index (χ2n) is 8.35. The van der Waals surface area contributed by atoms with Crippen LogP contribution in [0.5, 0.6) is 17.2 Å². The molecule has 0 unspecified atom stereocenters. The fourth-order valence-electron chi connectivity index (χ4n) is 3.90. The third-order valence-corrected chi connectivity index (χ3v) is 5.69. The number of ether oxygens (including phenoxy) is 2. The summed E-state index contributed by atoms with van der Waals surface area (Å²) in [5.74, 6) is 0.775. The van der Waals surface area contributed by atoms with E-state index < -0.39 is 0 Å². The third kappa shape index (κ3) is 4.87. The molecule has 35 heavy (non-hydrogen) atoms. The van der Waals surface area contributed by atoms with Crippen LogP contribution in [0.4, 0.5) is 5.69 Å². The van der Waals surface area contributed by atoms with Gasteiger partial charge in [0.1, 0.15) is 23.3 Å². The van der Waals surface area contributed by atoms with Crippen LogP contribution >= 0.6 is 0 Å².